The molecule has 3 aromatic carbocycles. The van der Waals surface area contributed by atoms with Gasteiger partial charge in [-0.1, -0.05) is 54.6 Å². The van der Waals surface area contributed by atoms with Crippen molar-refractivity contribution in [1.82, 2.24) is 0 Å². The first-order valence-corrected chi connectivity index (χ1v) is 11.1. The summed E-state index contributed by atoms with van der Waals surface area (Å²) in [5, 5.41) is 9.01. The standard InChI is InChI=1S/C24H15F4O2P/c25-19-20(26)23(30)24(28,22(27)21(19)29)31(16-10-4-1-5-11-16,17-12-6-2-7-13-17)18-14-8-3-9-15-18/h1-15H. The van der Waals surface area contributed by atoms with Crippen molar-refractivity contribution in [2.75, 3.05) is 0 Å². The summed E-state index contributed by atoms with van der Waals surface area (Å²) in [7, 11) is -4.04. The van der Waals surface area contributed by atoms with Crippen molar-refractivity contribution in [2.45, 2.75) is 5.41 Å². The molecule has 31 heavy (non-hydrogen) atoms. The molecule has 4 rings (SSSR count). The van der Waals surface area contributed by atoms with Crippen LogP contribution < -0.4 is 21.0 Å². The molecule has 2 nitrogen and oxygen atoms in total. The molecule has 0 aromatic heterocycles. The van der Waals surface area contributed by atoms with Crippen molar-refractivity contribution in [1.29, 1.82) is 0 Å². The van der Waals surface area contributed by atoms with Crippen molar-refractivity contribution in [3.8, 4) is 0 Å². The van der Waals surface area contributed by atoms with Crippen LogP contribution in [0.25, 0.3) is 0 Å². The minimum atomic E-state index is -4.04. The molecule has 0 radical (unpaired) electrons. The zero-order valence-electron chi connectivity index (χ0n) is 15.9. The Bertz CT molecular complexity index is 1100. The van der Waals surface area contributed by atoms with E-state index in [9.17, 15) is 18.7 Å². The second-order valence-electron chi connectivity index (χ2n) is 6.90. The van der Waals surface area contributed by atoms with Crippen LogP contribution in [0, 0.1) is 0 Å². The quantitative estimate of drug-likeness (QED) is 0.454. The second-order valence-corrected chi connectivity index (χ2v) is 10.4. The molecule has 0 amide bonds. The Labute approximate surface area is 176 Å². The first kappa shape index (κ1) is 21.0. The molecule has 7 heteroatoms. The van der Waals surface area contributed by atoms with Gasteiger partial charge in [0.25, 0.3) is 5.78 Å². The average Bonchev–Trinajstić information content (AvgIpc) is 2.83. The second kappa shape index (κ2) is 7.78. The van der Waals surface area contributed by atoms with E-state index in [0.717, 1.165) is 0 Å². The molecule has 1 aliphatic rings. The summed E-state index contributed by atoms with van der Waals surface area (Å²) in [6.45, 7) is 0. The number of halogens is 4. The highest BCUT2D eigenvalue weighted by Gasteiger charge is 2.73. The summed E-state index contributed by atoms with van der Waals surface area (Å²) in [5.74, 6) is -10.7. The molecule has 0 bridgehead atoms. The molecule has 156 valence electrons. The zero-order valence-corrected chi connectivity index (χ0v) is 16.8. The van der Waals surface area contributed by atoms with E-state index in [4.69, 9.17) is 0 Å². The number of Topliss-reactive ketones (excluding diaryl/α,β-unsaturated/α-hetero) is 1. The topological polar surface area (TPSA) is 40.1 Å². The fourth-order valence-corrected chi connectivity index (χ4v) is 8.55. The van der Waals surface area contributed by atoms with Crippen molar-refractivity contribution in [3.63, 3.8) is 0 Å². The van der Waals surface area contributed by atoms with Crippen LogP contribution in [0.5, 0.6) is 0 Å². The maximum Gasteiger partial charge on any atom is 0.342 e. The SMILES string of the molecule is O=C1C(F)=C(F)C([O-])=C(F)C1(F)[P+](c1ccccc1)(c1ccccc1)c1ccccc1. The number of hydrogen-bond acceptors (Lipinski definition) is 2. The normalized spacial score (nSPS) is 19.7. The first-order valence-electron chi connectivity index (χ1n) is 9.29. The molecule has 1 aliphatic carbocycles. The lowest BCUT2D eigenvalue weighted by atomic mass is 10.1. The van der Waals surface area contributed by atoms with E-state index >= 15 is 8.78 Å². The first-order chi connectivity index (χ1) is 14.9. The highest BCUT2D eigenvalue weighted by Crippen LogP contribution is 2.71. The molecule has 0 saturated heterocycles. The molecule has 1 unspecified atom stereocenters. The maximum atomic E-state index is 17.0. The summed E-state index contributed by atoms with van der Waals surface area (Å²) in [4.78, 5) is 12.9. The van der Waals surface area contributed by atoms with Crippen molar-refractivity contribution >= 4 is 29.0 Å². The maximum absolute atomic E-state index is 17.0. The Morgan fingerprint density at radius 1 is 0.645 bits per heavy atom. The van der Waals surface area contributed by atoms with Gasteiger partial charge in [-0.15, -0.1) is 0 Å². The summed E-state index contributed by atoms with van der Waals surface area (Å²) in [5.41, 5.74) is 0. The van der Waals surface area contributed by atoms with Crippen molar-refractivity contribution in [3.05, 3.63) is 114 Å². The van der Waals surface area contributed by atoms with Crippen LogP contribution in [-0.4, -0.2) is 11.2 Å². The highest BCUT2D eigenvalue weighted by molar-refractivity contribution is 7.97. The van der Waals surface area contributed by atoms with Crippen LogP contribution in [0.1, 0.15) is 0 Å². The lowest BCUT2D eigenvalue weighted by Gasteiger charge is -2.39. The zero-order chi connectivity index (χ0) is 22.2. The smallest absolute Gasteiger partial charge is 0.342 e. The number of rotatable bonds is 4. The molecule has 1 atom stereocenters. The highest BCUT2D eigenvalue weighted by atomic mass is 31.2. The summed E-state index contributed by atoms with van der Waals surface area (Å²) in [6, 6.07) is 23.3. The van der Waals surface area contributed by atoms with Gasteiger partial charge in [0.15, 0.2) is 18.9 Å². The number of carbonyl (C=O) groups excluding carboxylic acids is 1. The van der Waals surface area contributed by atoms with Gasteiger partial charge in [-0.25, -0.2) is 8.78 Å². The molecular formula is C24H15F4O2P. The van der Waals surface area contributed by atoms with E-state index in [0.29, 0.717) is 0 Å². The number of alkyl halides is 1. The summed E-state index contributed by atoms with van der Waals surface area (Å²) < 4.78 is 60.9. The molecule has 0 aliphatic heterocycles. The molecule has 0 N–H and O–H groups in total. The largest absolute Gasteiger partial charge is 0.868 e. The lowest BCUT2D eigenvalue weighted by molar-refractivity contribution is -0.305. The number of allylic oxidation sites excluding steroid dienone is 3. The third-order valence-corrected chi connectivity index (χ3v) is 9.82. The van der Waals surface area contributed by atoms with Gasteiger partial charge in [0.2, 0.25) is 5.83 Å². The number of hydrogen-bond donors (Lipinski definition) is 0. The molecular weight excluding hydrogens is 427 g/mol. The van der Waals surface area contributed by atoms with E-state index in [-0.39, 0.29) is 15.9 Å². The van der Waals surface area contributed by atoms with Gasteiger partial charge in [0.1, 0.15) is 15.9 Å². The van der Waals surface area contributed by atoms with Crippen LogP contribution >= 0.6 is 7.26 Å². The van der Waals surface area contributed by atoms with E-state index in [1.54, 1.807) is 54.6 Å². The van der Waals surface area contributed by atoms with Gasteiger partial charge < -0.3 is 5.11 Å². The van der Waals surface area contributed by atoms with Gasteiger partial charge in [-0.2, -0.15) is 8.78 Å². The van der Waals surface area contributed by atoms with Gasteiger partial charge in [0.05, 0.1) is 0 Å². The van der Waals surface area contributed by atoms with E-state index in [2.05, 4.69) is 0 Å². The van der Waals surface area contributed by atoms with Crippen LogP contribution in [0.15, 0.2) is 114 Å². The van der Waals surface area contributed by atoms with E-state index in [1.165, 1.54) is 36.4 Å². The van der Waals surface area contributed by atoms with E-state index in [1.807, 2.05) is 0 Å². The van der Waals surface area contributed by atoms with Gasteiger partial charge >= 0.3 is 5.41 Å². The average molecular weight is 442 g/mol. The Balaban J connectivity index is 2.23. The summed E-state index contributed by atoms with van der Waals surface area (Å²) in [6.07, 6.45) is 0. The molecule has 0 heterocycles. The van der Waals surface area contributed by atoms with Gasteiger partial charge in [0, 0.05) is 0 Å². The Morgan fingerprint density at radius 2 is 1.00 bits per heavy atom. The van der Waals surface area contributed by atoms with Crippen LogP contribution in [0.3, 0.4) is 0 Å². The molecule has 3 aromatic rings. The van der Waals surface area contributed by atoms with Gasteiger partial charge in [-0.3, -0.25) is 4.79 Å². The molecule has 0 saturated carbocycles. The molecule has 0 fully saturated rings. The van der Waals surface area contributed by atoms with Crippen molar-refractivity contribution in [2.24, 2.45) is 0 Å². The number of ketones is 1. The predicted octanol–water partition coefficient (Wildman–Crippen LogP) is 3.92. The Hall–Kier alpha value is -3.24. The van der Waals surface area contributed by atoms with E-state index < -0.39 is 41.7 Å². The number of carbonyl (C=O) groups is 1. The fraction of sp³-hybridized carbons (Fsp3) is 0.0417. The monoisotopic (exact) mass is 442 g/mol. The van der Waals surface area contributed by atoms with Crippen LogP contribution in [0.2, 0.25) is 0 Å². The minimum absolute atomic E-state index is 0.196. The van der Waals surface area contributed by atoms with Crippen LogP contribution in [-0.2, 0) is 4.79 Å². The lowest BCUT2D eigenvalue weighted by Crippen LogP contribution is -2.52. The van der Waals surface area contributed by atoms with Crippen molar-refractivity contribution < 1.29 is 27.5 Å². The minimum Gasteiger partial charge on any atom is -0.868 e. The fourth-order valence-electron chi connectivity index (χ4n) is 3.93. The Kier molecular flexibility index (Phi) is 5.28. The molecule has 0 spiro atoms. The summed E-state index contributed by atoms with van der Waals surface area (Å²) >= 11 is 0. The van der Waals surface area contributed by atoms with Crippen LogP contribution in [0.4, 0.5) is 17.6 Å². The third-order valence-electron chi connectivity index (χ3n) is 5.28. The third kappa shape index (κ3) is 2.86. The Morgan fingerprint density at radius 3 is 1.35 bits per heavy atom. The number of benzene rings is 3. The van der Waals surface area contributed by atoms with Gasteiger partial charge in [-0.05, 0) is 42.2 Å². The predicted molar refractivity (Wildman–Crippen MR) is 111 cm³/mol.